The average Bonchev–Trinajstić information content (AvgIpc) is 2.28. The lowest BCUT2D eigenvalue weighted by Gasteiger charge is -2.18. The van der Waals surface area contributed by atoms with E-state index in [1.807, 2.05) is 19.1 Å². The molecule has 1 aromatic rings. The molecule has 0 aliphatic carbocycles. The first-order chi connectivity index (χ1) is 8.08. The third-order valence-corrected chi connectivity index (χ3v) is 3.02. The molecule has 0 spiro atoms. The molecule has 94 valence electrons. The van der Waals surface area contributed by atoms with Crippen molar-refractivity contribution in [3.05, 3.63) is 34.9 Å². The Bertz CT molecular complexity index is 388. The zero-order valence-electron chi connectivity index (χ0n) is 10.6. The zero-order valence-corrected chi connectivity index (χ0v) is 10.6. The van der Waals surface area contributed by atoms with E-state index in [0.717, 1.165) is 29.5 Å². The van der Waals surface area contributed by atoms with E-state index in [4.69, 9.17) is 10.8 Å². The van der Waals surface area contributed by atoms with E-state index in [9.17, 15) is 4.79 Å². The van der Waals surface area contributed by atoms with E-state index in [1.165, 1.54) is 0 Å². The number of nitrogens with two attached hydrogens (primary N) is 1. The molecule has 1 aromatic carbocycles. The van der Waals surface area contributed by atoms with E-state index in [0.29, 0.717) is 6.54 Å². The van der Waals surface area contributed by atoms with E-state index >= 15 is 0 Å². The lowest BCUT2D eigenvalue weighted by molar-refractivity contribution is -0.137. The Morgan fingerprint density at radius 1 is 1.47 bits per heavy atom. The molecular formula is C14H21NO2. The summed E-state index contributed by atoms with van der Waals surface area (Å²) in [4.78, 5) is 10.9. The summed E-state index contributed by atoms with van der Waals surface area (Å²) in [7, 11) is 0. The monoisotopic (exact) mass is 235 g/mol. The van der Waals surface area contributed by atoms with Crippen LogP contribution >= 0.6 is 0 Å². The lowest BCUT2D eigenvalue weighted by atomic mass is 9.87. The Morgan fingerprint density at radius 2 is 2.18 bits per heavy atom. The average molecular weight is 235 g/mol. The second-order valence-corrected chi connectivity index (χ2v) is 4.49. The summed E-state index contributed by atoms with van der Waals surface area (Å²) >= 11 is 0. The lowest BCUT2D eigenvalue weighted by Crippen LogP contribution is -2.11. The minimum atomic E-state index is -0.743. The number of carboxylic acid groups (broad SMARTS) is 1. The van der Waals surface area contributed by atoms with Crippen LogP contribution in [0.2, 0.25) is 0 Å². The summed E-state index contributed by atoms with van der Waals surface area (Å²) in [6.07, 6.45) is 2.06. The van der Waals surface area contributed by atoms with Crippen LogP contribution in [0.25, 0.3) is 0 Å². The van der Waals surface area contributed by atoms with Gasteiger partial charge in [-0.25, -0.2) is 0 Å². The highest BCUT2D eigenvalue weighted by Crippen LogP contribution is 2.28. The number of hydrogen-bond acceptors (Lipinski definition) is 2. The van der Waals surface area contributed by atoms with Crippen molar-refractivity contribution in [2.24, 2.45) is 5.73 Å². The van der Waals surface area contributed by atoms with Crippen molar-refractivity contribution < 1.29 is 9.90 Å². The normalized spacial score (nSPS) is 12.4. The minimum absolute atomic E-state index is 0.0796. The minimum Gasteiger partial charge on any atom is -0.481 e. The molecule has 0 heterocycles. The van der Waals surface area contributed by atoms with Crippen molar-refractivity contribution in [2.45, 2.75) is 45.6 Å². The van der Waals surface area contributed by atoms with Gasteiger partial charge in [0.15, 0.2) is 0 Å². The first-order valence-corrected chi connectivity index (χ1v) is 6.09. The molecule has 0 bridgehead atoms. The number of aryl methyl sites for hydroxylation is 1. The third kappa shape index (κ3) is 3.86. The summed E-state index contributed by atoms with van der Waals surface area (Å²) in [6.45, 7) is 4.57. The van der Waals surface area contributed by atoms with Gasteiger partial charge in [-0.1, -0.05) is 37.1 Å². The van der Waals surface area contributed by atoms with Crippen molar-refractivity contribution in [2.75, 3.05) is 0 Å². The smallest absolute Gasteiger partial charge is 0.303 e. The van der Waals surface area contributed by atoms with Crippen LogP contribution in [0.3, 0.4) is 0 Å². The maximum Gasteiger partial charge on any atom is 0.303 e. The molecule has 3 heteroatoms. The summed E-state index contributed by atoms with van der Waals surface area (Å²) in [5.41, 5.74) is 9.05. The van der Waals surface area contributed by atoms with Crippen LogP contribution in [0.5, 0.6) is 0 Å². The van der Waals surface area contributed by atoms with Crippen LogP contribution in [-0.2, 0) is 11.3 Å². The predicted molar refractivity (Wildman–Crippen MR) is 69.0 cm³/mol. The molecule has 1 rings (SSSR count). The molecule has 0 aromatic heterocycles. The maximum absolute atomic E-state index is 10.9. The van der Waals surface area contributed by atoms with Gasteiger partial charge in [0.1, 0.15) is 0 Å². The van der Waals surface area contributed by atoms with Gasteiger partial charge >= 0.3 is 5.97 Å². The molecule has 17 heavy (non-hydrogen) atoms. The van der Waals surface area contributed by atoms with Gasteiger partial charge in [-0.3, -0.25) is 4.79 Å². The molecule has 0 fully saturated rings. The Kier molecular flexibility index (Phi) is 5.16. The first-order valence-electron chi connectivity index (χ1n) is 6.09. The summed E-state index contributed by atoms with van der Waals surface area (Å²) < 4.78 is 0. The molecule has 0 radical (unpaired) electrons. The first kappa shape index (κ1) is 13.7. The molecule has 1 atom stereocenters. The van der Waals surface area contributed by atoms with E-state index in [-0.39, 0.29) is 12.3 Å². The number of hydrogen-bond donors (Lipinski definition) is 2. The van der Waals surface area contributed by atoms with E-state index in [1.54, 1.807) is 0 Å². The number of benzene rings is 1. The highest BCUT2D eigenvalue weighted by molar-refractivity contribution is 5.68. The van der Waals surface area contributed by atoms with E-state index in [2.05, 4.69) is 13.0 Å². The Hall–Kier alpha value is -1.35. The van der Waals surface area contributed by atoms with Crippen LogP contribution in [0.1, 0.15) is 48.8 Å². The quantitative estimate of drug-likeness (QED) is 0.797. The van der Waals surface area contributed by atoms with Gasteiger partial charge in [-0.15, -0.1) is 0 Å². The third-order valence-electron chi connectivity index (χ3n) is 3.02. The van der Waals surface area contributed by atoms with Crippen LogP contribution in [-0.4, -0.2) is 11.1 Å². The fourth-order valence-corrected chi connectivity index (χ4v) is 2.21. The molecule has 0 aliphatic heterocycles. The highest BCUT2D eigenvalue weighted by atomic mass is 16.4. The maximum atomic E-state index is 10.9. The summed E-state index contributed by atoms with van der Waals surface area (Å²) in [5, 5.41) is 8.97. The van der Waals surface area contributed by atoms with Gasteiger partial charge in [0.25, 0.3) is 0 Å². The second-order valence-electron chi connectivity index (χ2n) is 4.49. The highest BCUT2D eigenvalue weighted by Gasteiger charge is 2.17. The second kappa shape index (κ2) is 6.40. The Labute approximate surface area is 103 Å². The van der Waals surface area contributed by atoms with Crippen molar-refractivity contribution >= 4 is 5.97 Å². The van der Waals surface area contributed by atoms with Crippen molar-refractivity contribution in [1.82, 2.24) is 0 Å². The molecule has 0 saturated carbocycles. The van der Waals surface area contributed by atoms with Crippen LogP contribution in [0, 0.1) is 6.92 Å². The van der Waals surface area contributed by atoms with Gasteiger partial charge in [-0.2, -0.15) is 0 Å². The SMILES string of the molecule is CCCC(CC(=O)O)c1cc(C)ccc1CN. The van der Waals surface area contributed by atoms with Gasteiger partial charge in [0.2, 0.25) is 0 Å². The topological polar surface area (TPSA) is 63.3 Å². The predicted octanol–water partition coefficient (Wildman–Crippen LogP) is 2.81. The molecular weight excluding hydrogens is 214 g/mol. The molecule has 3 nitrogen and oxygen atoms in total. The van der Waals surface area contributed by atoms with Crippen LogP contribution in [0.15, 0.2) is 18.2 Å². The fraction of sp³-hybridized carbons (Fsp3) is 0.500. The van der Waals surface area contributed by atoms with Crippen molar-refractivity contribution in [1.29, 1.82) is 0 Å². The van der Waals surface area contributed by atoms with Gasteiger partial charge in [0, 0.05) is 6.54 Å². The molecule has 0 amide bonds. The molecule has 1 unspecified atom stereocenters. The van der Waals surface area contributed by atoms with Crippen molar-refractivity contribution in [3.63, 3.8) is 0 Å². The van der Waals surface area contributed by atoms with Crippen LogP contribution < -0.4 is 5.73 Å². The van der Waals surface area contributed by atoms with Gasteiger partial charge in [0.05, 0.1) is 6.42 Å². The van der Waals surface area contributed by atoms with E-state index < -0.39 is 5.97 Å². The number of aliphatic carboxylic acids is 1. The molecule has 0 aliphatic rings. The fourth-order valence-electron chi connectivity index (χ4n) is 2.21. The number of carbonyl (C=O) groups is 1. The van der Waals surface area contributed by atoms with Crippen LogP contribution in [0.4, 0.5) is 0 Å². The number of rotatable bonds is 6. The standard InChI is InChI=1S/C14H21NO2/c1-3-4-11(8-14(16)17)13-7-10(2)5-6-12(13)9-15/h5-7,11H,3-4,8-9,15H2,1-2H3,(H,16,17). The Morgan fingerprint density at radius 3 is 2.71 bits per heavy atom. The van der Waals surface area contributed by atoms with Gasteiger partial charge in [-0.05, 0) is 30.4 Å². The summed E-state index contributed by atoms with van der Waals surface area (Å²) in [5.74, 6) is -0.663. The zero-order chi connectivity index (χ0) is 12.8. The molecule has 3 N–H and O–H groups in total. The largest absolute Gasteiger partial charge is 0.481 e. The van der Waals surface area contributed by atoms with Gasteiger partial charge < -0.3 is 10.8 Å². The number of carboxylic acids is 1. The molecule has 0 saturated heterocycles. The Balaban J connectivity index is 3.06. The summed E-state index contributed by atoms with van der Waals surface area (Å²) in [6, 6.07) is 6.11. The van der Waals surface area contributed by atoms with Crippen molar-refractivity contribution in [3.8, 4) is 0 Å².